The Morgan fingerprint density at radius 1 is 1.28 bits per heavy atom. The van der Waals surface area contributed by atoms with Crippen LogP contribution in [0.2, 0.25) is 0 Å². The zero-order valence-electron chi connectivity index (χ0n) is 24.5. The molecule has 4 N–H and O–H groups in total. The monoisotopic (exact) mass is 549 g/mol. The van der Waals surface area contributed by atoms with Gasteiger partial charge < -0.3 is 30.7 Å². The van der Waals surface area contributed by atoms with Gasteiger partial charge in [-0.15, -0.1) is 0 Å². The van der Waals surface area contributed by atoms with E-state index in [1.807, 2.05) is 6.07 Å². The Morgan fingerprint density at radius 2 is 1.87 bits per heavy atom. The van der Waals surface area contributed by atoms with E-state index in [1.54, 1.807) is 6.92 Å². The molecule has 2 heterocycles. The average molecular weight is 550 g/mol. The van der Waals surface area contributed by atoms with Gasteiger partial charge in [0, 0.05) is 38.1 Å². The largest absolute Gasteiger partial charge is 0.444 e. The third-order valence-electron chi connectivity index (χ3n) is 8.07. The Labute approximate surface area is 232 Å². The number of carbonyl (C=O) groups excluding carboxylic acids is 4. The van der Waals surface area contributed by atoms with Crippen molar-refractivity contribution in [3.8, 4) is 6.07 Å². The molecule has 4 rings (SSSR count). The van der Waals surface area contributed by atoms with Gasteiger partial charge in [-0.2, -0.15) is 5.26 Å². The van der Waals surface area contributed by atoms with Crippen molar-refractivity contribution in [3.63, 3.8) is 0 Å². The molecule has 4 fully saturated rings. The van der Waals surface area contributed by atoms with Gasteiger partial charge >= 0.3 is 6.09 Å². The van der Waals surface area contributed by atoms with Gasteiger partial charge in [-0.1, -0.05) is 34.6 Å². The molecule has 2 saturated carbocycles. The summed E-state index contributed by atoms with van der Waals surface area (Å²) < 4.78 is 9.18. The Morgan fingerprint density at radius 3 is 2.28 bits per heavy atom. The SMILES string of the molecule is CC(C)(C)CC(=O)N1CC2C(C1)C2(C)C.COCC(C)OC(N)=O.N#CC(CC1CC2(CC2)NC1=O)NC=O. The average Bonchev–Trinajstić information content (AvgIpc) is 3.49. The van der Waals surface area contributed by atoms with Crippen molar-refractivity contribution in [1.29, 1.82) is 5.26 Å². The molecular formula is C28H47N5O6. The molecule has 4 aliphatic rings. The molecule has 5 atom stereocenters. The maximum atomic E-state index is 12.0. The summed E-state index contributed by atoms with van der Waals surface area (Å²) in [4.78, 5) is 45.8. The van der Waals surface area contributed by atoms with Gasteiger partial charge in [0.2, 0.25) is 18.2 Å². The van der Waals surface area contributed by atoms with Crippen molar-refractivity contribution in [2.45, 2.75) is 91.3 Å². The standard InChI is InChI=1S/C13H23NO.C10H13N3O2.C5H11NO3/c1-12(2,3)6-11(15)14-7-9-10(8-14)13(9,4)5;11-5-8(12-6-14)3-7-4-10(1-2-10)13-9(7)15;1-4(3-8-2)9-5(6)7/h9-10H,6-8H2,1-5H3;6-8H,1-4H2,(H,12,14)(H,13,15);4H,3H2,1-2H3,(H2,6,7). The van der Waals surface area contributed by atoms with Crippen molar-refractivity contribution in [2.75, 3.05) is 26.8 Å². The lowest BCUT2D eigenvalue weighted by Crippen LogP contribution is -2.35. The number of methoxy groups -OCH3 is 1. The molecule has 11 nitrogen and oxygen atoms in total. The number of piperidine rings is 1. The summed E-state index contributed by atoms with van der Waals surface area (Å²) >= 11 is 0. The lowest BCUT2D eigenvalue weighted by Gasteiger charge is -2.26. The first-order chi connectivity index (χ1) is 18.1. The van der Waals surface area contributed by atoms with E-state index in [0.29, 0.717) is 37.2 Å². The van der Waals surface area contributed by atoms with Gasteiger partial charge in [-0.25, -0.2) is 4.79 Å². The fraction of sp³-hybridized carbons (Fsp3) is 0.821. The van der Waals surface area contributed by atoms with Crippen LogP contribution in [0.5, 0.6) is 0 Å². The third kappa shape index (κ3) is 9.67. The molecule has 0 radical (unpaired) electrons. The number of ether oxygens (including phenoxy) is 2. The van der Waals surface area contributed by atoms with Gasteiger partial charge in [-0.05, 0) is 55.3 Å². The maximum absolute atomic E-state index is 12.0. The number of nitrogens with zero attached hydrogens (tertiary/aromatic N) is 2. The number of fused-ring (bicyclic) bond motifs is 1. The van der Waals surface area contributed by atoms with Crippen LogP contribution < -0.4 is 16.4 Å². The smallest absolute Gasteiger partial charge is 0.404 e. The van der Waals surface area contributed by atoms with Crippen molar-refractivity contribution in [3.05, 3.63) is 0 Å². The molecule has 0 aromatic rings. The number of primary amides is 1. The summed E-state index contributed by atoms with van der Waals surface area (Å²) in [6, 6.07) is 1.43. The van der Waals surface area contributed by atoms with Crippen LogP contribution in [0, 0.1) is 39.9 Å². The summed E-state index contributed by atoms with van der Waals surface area (Å²) in [6.07, 6.45) is 3.50. The number of carbonyl (C=O) groups is 4. The predicted molar refractivity (Wildman–Crippen MR) is 145 cm³/mol. The second-order valence-corrected chi connectivity index (χ2v) is 13.1. The van der Waals surface area contributed by atoms with Gasteiger partial charge in [0.1, 0.15) is 12.1 Å². The summed E-state index contributed by atoms with van der Waals surface area (Å²) in [6.45, 7) is 15.1. The molecule has 0 aromatic carbocycles. The highest BCUT2D eigenvalue weighted by Gasteiger charge is 2.62. The molecule has 2 aliphatic heterocycles. The van der Waals surface area contributed by atoms with Crippen molar-refractivity contribution in [2.24, 2.45) is 34.3 Å². The fourth-order valence-electron chi connectivity index (χ4n) is 5.54. The second kappa shape index (κ2) is 13.0. The highest BCUT2D eigenvalue weighted by Crippen LogP contribution is 2.62. The molecule has 4 amide bonds. The van der Waals surface area contributed by atoms with Crippen LogP contribution in [-0.2, 0) is 23.9 Å². The zero-order valence-corrected chi connectivity index (χ0v) is 24.5. The van der Waals surface area contributed by atoms with E-state index in [9.17, 15) is 19.2 Å². The number of nitrogens with one attached hydrogen (secondary N) is 2. The Balaban J connectivity index is 0.000000213. The number of hydrogen-bond donors (Lipinski definition) is 3. The zero-order chi connectivity index (χ0) is 29.6. The van der Waals surface area contributed by atoms with Gasteiger partial charge in [0.25, 0.3) is 0 Å². The van der Waals surface area contributed by atoms with Gasteiger partial charge in [-0.3, -0.25) is 14.4 Å². The topological polar surface area (TPSA) is 164 Å². The second-order valence-electron chi connectivity index (χ2n) is 13.1. The summed E-state index contributed by atoms with van der Waals surface area (Å²) in [5.74, 6) is 1.82. The minimum atomic E-state index is -0.764. The van der Waals surface area contributed by atoms with Crippen LogP contribution in [0.4, 0.5) is 4.79 Å². The van der Waals surface area contributed by atoms with Crippen molar-refractivity contribution < 1.29 is 28.7 Å². The van der Waals surface area contributed by atoms with E-state index in [1.165, 1.54) is 7.11 Å². The molecule has 39 heavy (non-hydrogen) atoms. The van der Waals surface area contributed by atoms with E-state index in [0.717, 1.165) is 44.2 Å². The molecule has 2 saturated heterocycles. The number of likely N-dealkylation sites (tertiary alicyclic amines) is 1. The summed E-state index contributed by atoms with van der Waals surface area (Å²) in [7, 11) is 1.53. The first-order valence-electron chi connectivity index (χ1n) is 13.7. The van der Waals surface area contributed by atoms with Crippen LogP contribution >= 0.6 is 0 Å². The summed E-state index contributed by atoms with van der Waals surface area (Å²) in [5, 5.41) is 14.1. The molecular weight excluding hydrogens is 502 g/mol. The van der Waals surface area contributed by atoms with Crippen LogP contribution in [0.25, 0.3) is 0 Å². The molecule has 0 bridgehead atoms. The van der Waals surface area contributed by atoms with E-state index < -0.39 is 12.1 Å². The quantitative estimate of drug-likeness (QED) is 0.391. The molecule has 220 valence electrons. The summed E-state index contributed by atoms with van der Waals surface area (Å²) in [5.41, 5.74) is 5.39. The Bertz CT molecular complexity index is 922. The minimum Gasteiger partial charge on any atom is -0.444 e. The van der Waals surface area contributed by atoms with E-state index in [4.69, 9.17) is 11.0 Å². The fourth-order valence-corrected chi connectivity index (χ4v) is 5.54. The molecule has 2 aliphatic carbocycles. The maximum Gasteiger partial charge on any atom is 0.404 e. The Hall–Kier alpha value is -2.87. The van der Waals surface area contributed by atoms with Crippen LogP contribution in [0.15, 0.2) is 0 Å². The van der Waals surface area contributed by atoms with E-state index in [2.05, 4.69) is 59.6 Å². The highest BCUT2D eigenvalue weighted by molar-refractivity contribution is 5.83. The van der Waals surface area contributed by atoms with Crippen molar-refractivity contribution >= 4 is 24.3 Å². The number of nitrogens with two attached hydrogens (primary N) is 1. The molecule has 5 unspecified atom stereocenters. The van der Waals surface area contributed by atoms with Gasteiger partial charge in [0.15, 0.2) is 0 Å². The molecule has 11 heteroatoms. The highest BCUT2D eigenvalue weighted by atomic mass is 16.6. The lowest BCUT2D eigenvalue weighted by molar-refractivity contribution is -0.133. The lowest BCUT2D eigenvalue weighted by atomic mass is 9.91. The normalized spacial score (nSPS) is 26.3. The van der Waals surface area contributed by atoms with Crippen LogP contribution in [0.1, 0.15) is 73.6 Å². The Kier molecular flexibility index (Phi) is 10.8. The van der Waals surface area contributed by atoms with Crippen LogP contribution in [0.3, 0.4) is 0 Å². The first-order valence-corrected chi connectivity index (χ1v) is 13.7. The number of hydrogen-bond acceptors (Lipinski definition) is 7. The number of amides is 4. The van der Waals surface area contributed by atoms with Gasteiger partial charge in [0.05, 0.1) is 12.7 Å². The number of nitriles is 1. The van der Waals surface area contributed by atoms with Crippen LogP contribution in [-0.4, -0.2) is 73.7 Å². The van der Waals surface area contributed by atoms with E-state index in [-0.39, 0.29) is 28.9 Å². The third-order valence-corrected chi connectivity index (χ3v) is 8.07. The van der Waals surface area contributed by atoms with E-state index >= 15 is 0 Å². The molecule has 1 spiro atoms. The predicted octanol–water partition coefficient (Wildman–Crippen LogP) is 2.34. The first kappa shape index (κ1) is 32.3. The van der Waals surface area contributed by atoms with Crippen molar-refractivity contribution in [1.82, 2.24) is 15.5 Å². The minimum absolute atomic E-state index is 0.0282. The number of rotatable bonds is 8. The molecule has 0 aromatic heterocycles.